The average molecular weight is 383 g/mol. The maximum atomic E-state index is 6.22. The van der Waals surface area contributed by atoms with Crippen LogP contribution < -0.4 is 10.1 Å². The first-order valence-electron chi connectivity index (χ1n) is 9.82. The molecule has 3 rings (SSSR count). The Morgan fingerprint density at radius 2 is 2.04 bits per heavy atom. The van der Waals surface area contributed by atoms with Gasteiger partial charge in [-0.25, -0.2) is 0 Å². The van der Waals surface area contributed by atoms with Crippen molar-refractivity contribution in [1.29, 1.82) is 0 Å². The fraction of sp³-hybridized carbons (Fsp3) is 0.714. The van der Waals surface area contributed by atoms with E-state index in [-0.39, 0.29) is 12.4 Å². The lowest BCUT2D eigenvalue weighted by atomic mass is 9.69. The lowest BCUT2D eigenvalue weighted by Crippen LogP contribution is -2.48. The van der Waals surface area contributed by atoms with Gasteiger partial charge in [0, 0.05) is 25.1 Å². The van der Waals surface area contributed by atoms with Crippen LogP contribution in [0.1, 0.15) is 44.1 Å². The fourth-order valence-electron chi connectivity index (χ4n) is 4.25. The molecule has 1 unspecified atom stereocenters. The van der Waals surface area contributed by atoms with Crippen molar-refractivity contribution in [2.24, 2.45) is 5.41 Å². The highest BCUT2D eigenvalue weighted by Crippen LogP contribution is 2.42. The molecule has 0 radical (unpaired) electrons. The van der Waals surface area contributed by atoms with E-state index >= 15 is 0 Å². The molecule has 1 aromatic carbocycles. The van der Waals surface area contributed by atoms with Gasteiger partial charge in [-0.3, -0.25) is 0 Å². The summed E-state index contributed by atoms with van der Waals surface area (Å²) in [6.07, 6.45) is 7.81. The number of ether oxygens (including phenoxy) is 2. The second-order valence-corrected chi connectivity index (χ2v) is 7.97. The molecule has 1 saturated heterocycles. The molecule has 2 aliphatic rings. The molecule has 1 N–H and O–H groups in total. The van der Waals surface area contributed by atoms with E-state index in [9.17, 15) is 0 Å². The van der Waals surface area contributed by atoms with Crippen LogP contribution in [-0.4, -0.2) is 51.3 Å². The molecular formula is C21H35ClN2O2. The average Bonchev–Trinajstić information content (AvgIpc) is 2.87. The third-order valence-corrected chi connectivity index (χ3v) is 5.92. The van der Waals surface area contributed by atoms with Gasteiger partial charge in [-0.2, -0.15) is 0 Å². The van der Waals surface area contributed by atoms with Gasteiger partial charge in [-0.1, -0.05) is 18.6 Å². The van der Waals surface area contributed by atoms with E-state index in [4.69, 9.17) is 9.47 Å². The first kappa shape index (κ1) is 21.5. The van der Waals surface area contributed by atoms with Gasteiger partial charge in [0.2, 0.25) is 0 Å². The van der Waals surface area contributed by atoms with Crippen LogP contribution in [0.4, 0.5) is 0 Å². The molecule has 1 aliphatic heterocycles. The Bertz CT molecular complexity index is 528. The minimum Gasteiger partial charge on any atom is -0.493 e. The normalized spacial score (nSPS) is 22.2. The summed E-state index contributed by atoms with van der Waals surface area (Å²) in [5.74, 6) is 0.974. The van der Waals surface area contributed by atoms with Crippen LogP contribution in [0, 0.1) is 5.41 Å². The summed E-state index contributed by atoms with van der Waals surface area (Å²) in [7, 11) is 4.05. The van der Waals surface area contributed by atoms with Gasteiger partial charge < -0.3 is 19.7 Å². The molecule has 1 atom stereocenters. The van der Waals surface area contributed by atoms with Crippen LogP contribution in [-0.2, 0) is 11.3 Å². The molecule has 0 spiro atoms. The van der Waals surface area contributed by atoms with Crippen LogP contribution >= 0.6 is 12.4 Å². The van der Waals surface area contributed by atoms with E-state index in [2.05, 4.69) is 41.5 Å². The number of hydrogen-bond donors (Lipinski definition) is 1. The van der Waals surface area contributed by atoms with E-state index in [0.29, 0.717) is 12.0 Å². The first-order chi connectivity index (χ1) is 12.2. The molecular weight excluding hydrogens is 348 g/mol. The second kappa shape index (κ2) is 10.5. The highest BCUT2D eigenvalue weighted by Gasteiger charge is 2.39. The van der Waals surface area contributed by atoms with Gasteiger partial charge in [0.1, 0.15) is 5.75 Å². The molecule has 0 amide bonds. The van der Waals surface area contributed by atoms with Crippen molar-refractivity contribution in [3.8, 4) is 5.75 Å². The third kappa shape index (κ3) is 5.85. The Morgan fingerprint density at radius 1 is 1.19 bits per heavy atom. The zero-order valence-electron chi connectivity index (χ0n) is 16.3. The molecule has 2 fully saturated rings. The predicted octanol–water partition coefficient (Wildman–Crippen LogP) is 3.88. The number of rotatable bonds is 8. The number of methoxy groups -OCH3 is 1. The Morgan fingerprint density at radius 3 is 2.77 bits per heavy atom. The fourth-order valence-corrected chi connectivity index (χ4v) is 4.25. The summed E-state index contributed by atoms with van der Waals surface area (Å²) in [6, 6.07) is 9.03. The van der Waals surface area contributed by atoms with Gasteiger partial charge >= 0.3 is 0 Å². The Labute approximate surface area is 165 Å². The van der Waals surface area contributed by atoms with E-state index < -0.39 is 0 Å². The summed E-state index contributed by atoms with van der Waals surface area (Å²) in [6.45, 7) is 4.97. The highest BCUT2D eigenvalue weighted by molar-refractivity contribution is 5.85. The number of hydrogen-bond acceptors (Lipinski definition) is 4. The van der Waals surface area contributed by atoms with Gasteiger partial charge in [-0.05, 0) is 69.9 Å². The molecule has 1 aliphatic carbocycles. The number of nitrogens with zero attached hydrogens (tertiary/aromatic N) is 1. The first-order valence-corrected chi connectivity index (χ1v) is 9.82. The molecule has 0 aromatic heterocycles. The summed E-state index contributed by atoms with van der Waals surface area (Å²) in [5, 5.41) is 3.52. The minimum absolute atomic E-state index is 0. The zero-order valence-corrected chi connectivity index (χ0v) is 17.2. The van der Waals surface area contributed by atoms with Gasteiger partial charge in [0.25, 0.3) is 0 Å². The molecule has 1 saturated carbocycles. The summed E-state index contributed by atoms with van der Waals surface area (Å²) < 4.78 is 11.4. The molecule has 4 nitrogen and oxygen atoms in total. The van der Waals surface area contributed by atoms with Crippen molar-refractivity contribution in [2.45, 2.75) is 51.2 Å². The van der Waals surface area contributed by atoms with Crippen LogP contribution in [0.5, 0.6) is 5.75 Å². The monoisotopic (exact) mass is 382 g/mol. The van der Waals surface area contributed by atoms with Crippen LogP contribution in [0.25, 0.3) is 0 Å². The van der Waals surface area contributed by atoms with Crippen LogP contribution in [0.3, 0.4) is 0 Å². The lowest BCUT2D eigenvalue weighted by Gasteiger charge is -2.45. The highest BCUT2D eigenvalue weighted by atomic mass is 35.5. The van der Waals surface area contributed by atoms with E-state index in [1.165, 1.54) is 50.6 Å². The van der Waals surface area contributed by atoms with Gasteiger partial charge in [0.15, 0.2) is 0 Å². The summed E-state index contributed by atoms with van der Waals surface area (Å²) in [4.78, 5) is 2.61. The van der Waals surface area contributed by atoms with Crippen molar-refractivity contribution >= 4 is 12.4 Å². The Kier molecular flexibility index (Phi) is 8.68. The van der Waals surface area contributed by atoms with Crippen molar-refractivity contribution in [1.82, 2.24) is 10.2 Å². The third-order valence-electron chi connectivity index (χ3n) is 5.92. The molecule has 26 heavy (non-hydrogen) atoms. The quantitative estimate of drug-likeness (QED) is 0.739. The topological polar surface area (TPSA) is 33.7 Å². The molecule has 148 valence electrons. The molecule has 5 heteroatoms. The standard InChI is InChI=1S/C21H34N2O2.ClH/c1-23(19-7-4-12-22-13-9-19)16-21(10-5-11-21)17-25-20-8-3-6-18(14-20)15-24-2;/h3,6,8,14,19,22H,4-5,7,9-13,15-17H2,1-2H3;1H. The van der Waals surface area contributed by atoms with Crippen molar-refractivity contribution in [2.75, 3.05) is 40.4 Å². The largest absolute Gasteiger partial charge is 0.493 e. The molecule has 1 heterocycles. The van der Waals surface area contributed by atoms with Crippen LogP contribution in [0.2, 0.25) is 0 Å². The smallest absolute Gasteiger partial charge is 0.119 e. The van der Waals surface area contributed by atoms with Gasteiger partial charge in [0.05, 0.1) is 13.2 Å². The maximum absolute atomic E-state index is 6.22. The second-order valence-electron chi connectivity index (χ2n) is 7.97. The van der Waals surface area contributed by atoms with Crippen LogP contribution in [0.15, 0.2) is 24.3 Å². The molecule has 1 aromatic rings. The minimum atomic E-state index is 0. The van der Waals surface area contributed by atoms with Crippen molar-refractivity contribution in [3.63, 3.8) is 0 Å². The predicted molar refractivity (Wildman–Crippen MR) is 109 cm³/mol. The maximum Gasteiger partial charge on any atom is 0.119 e. The van der Waals surface area contributed by atoms with E-state index in [1.54, 1.807) is 7.11 Å². The Balaban J connectivity index is 0.00000243. The summed E-state index contributed by atoms with van der Waals surface area (Å²) >= 11 is 0. The van der Waals surface area contributed by atoms with Crippen molar-refractivity contribution in [3.05, 3.63) is 29.8 Å². The number of halogens is 1. The summed E-state index contributed by atoms with van der Waals surface area (Å²) in [5.41, 5.74) is 1.51. The number of nitrogens with one attached hydrogen (secondary N) is 1. The van der Waals surface area contributed by atoms with Crippen molar-refractivity contribution < 1.29 is 9.47 Å². The van der Waals surface area contributed by atoms with E-state index in [0.717, 1.165) is 31.5 Å². The Hall–Kier alpha value is -0.810. The van der Waals surface area contributed by atoms with E-state index in [1.807, 2.05) is 0 Å². The molecule has 0 bridgehead atoms. The number of benzene rings is 1. The van der Waals surface area contributed by atoms with Gasteiger partial charge in [-0.15, -0.1) is 12.4 Å². The lowest BCUT2D eigenvalue weighted by molar-refractivity contribution is 0.0116. The zero-order chi connectivity index (χ0) is 17.5. The SMILES string of the molecule is COCc1cccc(OCC2(CN(C)C3CCCNCC3)CCC2)c1.Cl.